The molecule has 1 aromatic heterocycles. The second kappa shape index (κ2) is 10.6. The van der Waals surface area contributed by atoms with Crippen molar-refractivity contribution in [3.8, 4) is 0 Å². The molecule has 0 fully saturated rings. The highest BCUT2D eigenvalue weighted by Crippen LogP contribution is 2.31. The number of amides is 1. The van der Waals surface area contributed by atoms with E-state index in [1.54, 1.807) is 32.3 Å². The second-order valence-corrected chi connectivity index (χ2v) is 9.80. The van der Waals surface area contributed by atoms with E-state index in [0.717, 1.165) is 17.7 Å². The highest BCUT2D eigenvalue weighted by atomic mass is 32.1. The minimum Gasteiger partial charge on any atom is -0.444 e. The molecule has 0 aliphatic carbocycles. The van der Waals surface area contributed by atoms with Crippen molar-refractivity contribution < 1.29 is 27.8 Å². The SMILES string of the molecule is CC(C)(C)OC(=O)N(Cc1ccccc1)[C@@H](Cc1ccc(C(F)(F)F)cc1)[C@H](O)c1nccs1. The smallest absolute Gasteiger partial charge is 0.416 e. The van der Waals surface area contributed by atoms with Crippen molar-refractivity contribution in [1.82, 2.24) is 9.88 Å². The zero-order valence-corrected chi connectivity index (χ0v) is 19.9. The first-order chi connectivity index (χ1) is 15.9. The van der Waals surface area contributed by atoms with Gasteiger partial charge in [0.15, 0.2) is 0 Å². The Balaban J connectivity index is 1.99. The molecular weight excluding hydrogens is 465 g/mol. The number of hydrogen-bond acceptors (Lipinski definition) is 5. The summed E-state index contributed by atoms with van der Waals surface area (Å²) >= 11 is 1.24. The number of aliphatic hydroxyl groups is 1. The molecule has 0 radical (unpaired) electrons. The molecular formula is C25H27F3N2O3S. The summed E-state index contributed by atoms with van der Waals surface area (Å²) in [4.78, 5) is 18.9. The Kier molecular flexibility index (Phi) is 7.99. The number of hydrogen-bond donors (Lipinski definition) is 1. The molecule has 9 heteroatoms. The Morgan fingerprint density at radius 1 is 1.06 bits per heavy atom. The number of thiazole rings is 1. The first-order valence-electron chi connectivity index (χ1n) is 10.7. The van der Waals surface area contributed by atoms with Crippen LogP contribution in [-0.4, -0.2) is 32.7 Å². The van der Waals surface area contributed by atoms with E-state index in [4.69, 9.17) is 4.74 Å². The van der Waals surface area contributed by atoms with Gasteiger partial charge in [-0.25, -0.2) is 9.78 Å². The summed E-state index contributed by atoms with van der Waals surface area (Å²) in [5.41, 5.74) is -0.189. The van der Waals surface area contributed by atoms with Crippen molar-refractivity contribution in [2.24, 2.45) is 0 Å². The third-order valence-electron chi connectivity index (χ3n) is 5.02. The molecule has 2 aromatic carbocycles. The molecule has 3 rings (SSSR count). The van der Waals surface area contributed by atoms with Gasteiger partial charge in [0.1, 0.15) is 16.7 Å². The topological polar surface area (TPSA) is 62.7 Å². The molecule has 0 bridgehead atoms. The minimum atomic E-state index is -4.45. The van der Waals surface area contributed by atoms with Crippen molar-refractivity contribution in [2.75, 3.05) is 0 Å². The van der Waals surface area contributed by atoms with E-state index >= 15 is 0 Å². The Morgan fingerprint density at radius 3 is 2.24 bits per heavy atom. The van der Waals surface area contributed by atoms with Gasteiger partial charge in [-0.3, -0.25) is 4.90 Å². The lowest BCUT2D eigenvalue weighted by molar-refractivity contribution is -0.137. The molecule has 1 amide bonds. The lowest BCUT2D eigenvalue weighted by atomic mass is 9.98. The summed E-state index contributed by atoms with van der Waals surface area (Å²) in [6.07, 6.45) is -4.60. The van der Waals surface area contributed by atoms with Gasteiger partial charge in [-0.2, -0.15) is 13.2 Å². The maximum Gasteiger partial charge on any atom is 0.416 e. The zero-order valence-electron chi connectivity index (χ0n) is 19.1. The summed E-state index contributed by atoms with van der Waals surface area (Å²) in [5.74, 6) is 0. The predicted molar refractivity (Wildman–Crippen MR) is 124 cm³/mol. The summed E-state index contributed by atoms with van der Waals surface area (Å²) in [5, 5.41) is 13.3. The van der Waals surface area contributed by atoms with Crippen LogP contribution in [0, 0.1) is 0 Å². The minimum absolute atomic E-state index is 0.102. The molecule has 182 valence electrons. The molecule has 3 aromatic rings. The molecule has 5 nitrogen and oxygen atoms in total. The van der Waals surface area contributed by atoms with Gasteiger partial charge in [-0.1, -0.05) is 42.5 Å². The van der Waals surface area contributed by atoms with Crippen LogP contribution >= 0.6 is 11.3 Å². The molecule has 0 aliphatic rings. The van der Waals surface area contributed by atoms with Crippen LogP contribution in [0.25, 0.3) is 0 Å². The third-order valence-corrected chi connectivity index (χ3v) is 5.87. The van der Waals surface area contributed by atoms with Crippen LogP contribution in [0.4, 0.5) is 18.0 Å². The number of nitrogens with zero attached hydrogens (tertiary/aromatic N) is 2. The molecule has 0 unspecified atom stereocenters. The van der Waals surface area contributed by atoms with E-state index in [1.165, 1.54) is 28.4 Å². The van der Waals surface area contributed by atoms with E-state index in [9.17, 15) is 23.1 Å². The average molecular weight is 493 g/mol. The summed E-state index contributed by atoms with van der Waals surface area (Å²) in [6, 6.07) is 13.1. The van der Waals surface area contributed by atoms with Gasteiger partial charge in [-0.05, 0) is 50.5 Å². The van der Waals surface area contributed by atoms with Crippen LogP contribution in [0.2, 0.25) is 0 Å². The van der Waals surface area contributed by atoms with Crippen LogP contribution in [0.15, 0.2) is 66.2 Å². The van der Waals surface area contributed by atoms with Crippen molar-refractivity contribution in [3.63, 3.8) is 0 Å². The van der Waals surface area contributed by atoms with E-state index in [1.807, 2.05) is 30.3 Å². The number of halogens is 3. The maximum absolute atomic E-state index is 13.3. The fraction of sp³-hybridized carbons (Fsp3) is 0.360. The highest BCUT2D eigenvalue weighted by molar-refractivity contribution is 7.09. The van der Waals surface area contributed by atoms with E-state index in [0.29, 0.717) is 10.6 Å². The summed E-state index contributed by atoms with van der Waals surface area (Å²) in [7, 11) is 0. The lowest BCUT2D eigenvalue weighted by Gasteiger charge is -2.36. The predicted octanol–water partition coefficient (Wildman–Crippen LogP) is 6.24. The normalized spacial score (nSPS) is 13.9. The Bertz CT molecular complexity index is 1050. The number of aliphatic hydroxyl groups excluding tert-OH is 1. The second-order valence-electron chi connectivity index (χ2n) is 8.88. The molecule has 0 saturated heterocycles. The summed E-state index contributed by atoms with van der Waals surface area (Å²) in [6.45, 7) is 5.37. The standard InChI is InChI=1S/C25H27F3N2O3S/c1-24(2,3)33-23(32)30(16-18-7-5-4-6-8-18)20(21(31)22-29-13-14-34-22)15-17-9-11-19(12-10-17)25(26,27)28/h4-14,20-21,31H,15-16H2,1-3H3/t20-,21-/m0/s1. The Morgan fingerprint density at radius 2 is 1.71 bits per heavy atom. The van der Waals surface area contributed by atoms with Crippen LogP contribution in [0.3, 0.4) is 0 Å². The molecule has 34 heavy (non-hydrogen) atoms. The Hall–Kier alpha value is -2.91. The zero-order chi connectivity index (χ0) is 24.9. The van der Waals surface area contributed by atoms with E-state index in [2.05, 4.69) is 4.98 Å². The fourth-order valence-corrected chi connectivity index (χ4v) is 4.11. The Labute approximate surface area is 200 Å². The van der Waals surface area contributed by atoms with Crippen molar-refractivity contribution in [1.29, 1.82) is 0 Å². The van der Waals surface area contributed by atoms with Gasteiger partial charge in [0.2, 0.25) is 0 Å². The number of rotatable bonds is 7. The first-order valence-corrected chi connectivity index (χ1v) is 11.6. The van der Waals surface area contributed by atoms with Crippen molar-refractivity contribution >= 4 is 17.4 Å². The number of benzene rings is 2. The van der Waals surface area contributed by atoms with Crippen molar-refractivity contribution in [2.45, 2.75) is 57.7 Å². The average Bonchev–Trinajstić information content (AvgIpc) is 3.30. The number of ether oxygens (including phenoxy) is 1. The van der Waals surface area contributed by atoms with E-state index < -0.39 is 35.6 Å². The molecule has 2 atom stereocenters. The molecule has 0 saturated carbocycles. The lowest BCUT2D eigenvalue weighted by Crippen LogP contribution is -2.46. The molecule has 0 spiro atoms. The molecule has 0 aliphatic heterocycles. The number of alkyl halides is 3. The highest BCUT2D eigenvalue weighted by Gasteiger charge is 2.35. The van der Waals surface area contributed by atoms with Crippen LogP contribution < -0.4 is 0 Å². The van der Waals surface area contributed by atoms with Gasteiger partial charge in [0.25, 0.3) is 0 Å². The molecule has 1 N–H and O–H groups in total. The van der Waals surface area contributed by atoms with Gasteiger partial charge in [0.05, 0.1) is 11.6 Å². The largest absolute Gasteiger partial charge is 0.444 e. The van der Waals surface area contributed by atoms with Gasteiger partial charge < -0.3 is 9.84 Å². The van der Waals surface area contributed by atoms with Crippen molar-refractivity contribution in [3.05, 3.63) is 87.9 Å². The third kappa shape index (κ3) is 7.04. The number of aromatic nitrogens is 1. The van der Waals surface area contributed by atoms with Gasteiger partial charge >= 0.3 is 12.3 Å². The summed E-state index contributed by atoms with van der Waals surface area (Å²) < 4.78 is 44.7. The van der Waals surface area contributed by atoms with Crippen LogP contribution in [0.1, 0.15) is 48.6 Å². The monoisotopic (exact) mass is 492 g/mol. The molecule has 1 heterocycles. The van der Waals surface area contributed by atoms with Gasteiger partial charge in [-0.15, -0.1) is 11.3 Å². The quantitative estimate of drug-likeness (QED) is 0.424. The van der Waals surface area contributed by atoms with E-state index in [-0.39, 0.29) is 13.0 Å². The van der Waals surface area contributed by atoms with Gasteiger partial charge in [0, 0.05) is 18.1 Å². The first kappa shape index (κ1) is 25.7. The number of carbonyl (C=O) groups excluding carboxylic acids is 1. The maximum atomic E-state index is 13.3. The fourth-order valence-electron chi connectivity index (χ4n) is 3.43. The van der Waals surface area contributed by atoms with Crippen LogP contribution in [-0.2, 0) is 23.9 Å². The van der Waals surface area contributed by atoms with Crippen LogP contribution in [0.5, 0.6) is 0 Å². The number of carbonyl (C=O) groups is 1.